The number of benzene rings is 1. The van der Waals surface area contributed by atoms with Crippen molar-refractivity contribution in [2.75, 3.05) is 0 Å². The van der Waals surface area contributed by atoms with E-state index >= 15 is 0 Å². The fraction of sp³-hybridized carbons (Fsp3) is 0.273. The maximum absolute atomic E-state index is 13.4. The van der Waals surface area contributed by atoms with Gasteiger partial charge in [-0.1, -0.05) is 18.2 Å². The first-order chi connectivity index (χ1) is 7.50. The van der Waals surface area contributed by atoms with Crippen molar-refractivity contribution < 1.29 is 14.0 Å². The third kappa shape index (κ3) is 1.28. The van der Waals surface area contributed by atoms with Gasteiger partial charge in [0.1, 0.15) is 11.2 Å². The van der Waals surface area contributed by atoms with E-state index in [4.69, 9.17) is 11.5 Å². The molecule has 1 atom stereocenters. The zero-order valence-corrected chi connectivity index (χ0v) is 8.44. The normalized spacial score (nSPS) is 21.4. The third-order valence-electron chi connectivity index (χ3n) is 3.12. The van der Waals surface area contributed by atoms with E-state index in [0.717, 1.165) is 0 Å². The van der Waals surface area contributed by atoms with Crippen molar-refractivity contribution in [2.45, 2.75) is 12.3 Å². The topological polar surface area (TPSA) is 86.2 Å². The van der Waals surface area contributed by atoms with Gasteiger partial charge in [-0.3, -0.25) is 9.59 Å². The molecule has 2 rings (SSSR count). The Kier molecular flexibility index (Phi) is 2.18. The molecule has 1 aliphatic rings. The van der Waals surface area contributed by atoms with Crippen LogP contribution in [0.2, 0.25) is 0 Å². The standard InChI is InChI=1S/C11H11FN2O2/c12-8-4-2-1-3-6(8)7-5-11(7,9(13)15)10(14)16/h1-4,7H,5H2,(H2,13,15)(H2,14,16). The van der Waals surface area contributed by atoms with Gasteiger partial charge in [0.2, 0.25) is 11.8 Å². The second-order valence-corrected chi connectivity index (χ2v) is 3.98. The Balaban J connectivity index is 2.38. The van der Waals surface area contributed by atoms with Crippen LogP contribution in [0.3, 0.4) is 0 Å². The highest BCUT2D eigenvalue weighted by Crippen LogP contribution is 2.59. The molecule has 0 bridgehead atoms. The highest BCUT2D eigenvalue weighted by atomic mass is 19.1. The molecule has 4 N–H and O–H groups in total. The molecule has 1 aromatic carbocycles. The van der Waals surface area contributed by atoms with Gasteiger partial charge in [-0.25, -0.2) is 4.39 Å². The summed E-state index contributed by atoms with van der Waals surface area (Å²) in [4.78, 5) is 22.4. The second kappa shape index (κ2) is 3.30. The van der Waals surface area contributed by atoms with Gasteiger partial charge in [0.05, 0.1) is 0 Å². The summed E-state index contributed by atoms with van der Waals surface area (Å²) < 4.78 is 13.4. The fourth-order valence-electron chi connectivity index (χ4n) is 2.06. The van der Waals surface area contributed by atoms with Gasteiger partial charge in [0.15, 0.2) is 0 Å². The van der Waals surface area contributed by atoms with E-state index in [1.165, 1.54) is 18.2 Å². The van der Waals surface area contributed by atoms with Gasteiger partial charge in [-0.15, -0.1) is 0 Å². The summed E-state index contributed by atoms with van der Waals surface area (Å²) in [5, 5.41) is 0. The van der Waals surface area contributed by atoms with E-state index in [1.54, 1.807) is 6.07 Å². The summed E-state index contributed by atoms with van der Waals surface area (Å²) in [7, 11) is 0. The van der Waals surface area contributed by atoms with Crippen LogP contribution in [0.4, 0.5) is 4.39 Å². The molecule has 16 heavy (non-hydrogen) atoms. The Morgan fingerprint density at radius 3 is 2.25 bits per heavy atom. The van der Waals surface area contributed by atoms with E-state index in [9.17, 15) is 14.0 Å². The van der Waals surface area contributed by atoms with Crippen LogP contribution in [-0.4, -0.2) is 11.8 Å². The minimum Gasteiger partial charge on any atom is -0.369 e. The number of rotatable bonds is 3. The molecule has 1 aliphatic carbocycles. The maximum Gasteiger partial charge on any atom is 0.233 e. The summed E-state index contributed by atoms with van der Waals surface area (Å²) in [5.41, 5.74) is 9.22. The van der Waals surface area contributed by atoms with Crippen molar-refractivity contribution in [3.8, 4) is 0 Å². The maximum atomic E-state index is 13.4. The van der Waals surface area contributed by atoms with Gasteiger partial charge >= 0.3 is 0 Å². The molecule has 4 nitrogen and oxygen atoms in total. The molecule has 84 valence electrons. The van der Waals surface area contributed by atoms with E-state index < -0.39 is 29.0 Å². The van der Waals surface area contributed by atoms with Gasteiger partial charge in [-0.2, -0.15) is 0 Å². The van der Waals surface area contributed by atoms with Crippen molar-refractivity contribution >= 4 is 11.8 Å². The number of carbonyl (C=O) groups is 2. The zero-order valence-electron chi connectivity index (χ0n) is 8.44. The smallest absolute Gasteiger partial charge is 0.233 e. The first-order valence-electron chi connectivity index (χ1n) is 4.84. The molecular weight excluding hydrogens is 211 g/mol. The Labute approximate surface area is 91.4 Å². The molecule has 5 heteroatoms. The summed E-state index contributed by atoms with van der Waals surface area (Å²) >= 11 is 0. The van der Waals surface area contributed by atoms with Gasteiger partial charge in [0, 0.05) is 5.92 Å². The van der Waals surface area contributed by atoms with Crippen LogP contribution in [0.25, 0.3) is 0 Å². The molecule has 1 fully saturated rings. The average Bonchev–Trinajstić information content (AvgIpc) is 2.94. The van der Waals surface area contributed by atoms with Crippen LogP contribution in [0.15, 0.2) is 24.3 Å². The first-order valence-corrected chi connectivity index (χ1v) is 4.84. The molecule has 1 aromatic rings. The predicted octanol–water partition coefficient (Wildman–Crippen LogP) is 0.270. The highest BCUT2D eigenvalue weighted by molar-refractivity contribution is 6.08. The minimum absolute atomic E-state index is 0.193. The largest absolute Gasteiger partial charge is 0.369 e. The van der Waals surface area contributed by atoms with Crippen LogP contribution in [0.1, 0.15) is 17.9 Å². The Hall–Kier alpha value is -1.91. The van der Waals surface area contributed by atoms with Crippen LogP contribution in [0, 0.1) is 11.2 Å². The molecule has 0 aromatic heterocycles. The SMILES string of the molecule is NC(=O)C1(C(N)=O)CC1c1ccccc1F. The molecule has 1 saturated carbocycles. The van der Waals surface area contributed by atoms with Crippen LogP contribution < -0.4 is 11.5 Å². The number of carbonyl (C=O) groups excluding carboxylic acids is 2. The monoisotopic (exact) mass is 222 g/mol. The van der Waals surface area contributed by atoms with Crippen LogP contribution >= 0.6 is 0 Å². The van der Waals surface area contributed by atoms with Crippen molar-refractivity contribution in [3.63, 3.8) is 0 Å². The lowest BCUT2D eigenvalue weighted by molar-refractivity contribution is -0.133. The summed E-state index contributed by atoms with van der Waals surface area (Å²) in [5.74, 6) is -2.54. The number of nitrogens with two attached hydrogens (primary N) is 2. The lowest BCUT2D eigenvalue weighted by Gasteiger charge is -2.09. The average molecular weight is 222 g/mol. The summed E-state index contributed by atoms with van der Waals surface area (Å²) in [6.45, 7) is 0. The fourth-order valence-corrected chi connectivity index (χ4v) is 2.06. The number of hydrogen-bond donors (Lipinski definition) is 2. The van der Waals surface area contributed by atoms with Crippen molar-refractivity contribution in [1.29, 1.82) is 0 Å². The van der Waals surface area contributed by atoms with E-state index in [1.807, 2.05) is 0 Å². The zero-order chi connectivity index (χ0) is 11.9. The van der Waals surface area contributed by atoms with E-state index in [-0.39, 0.29) is 6.42 Å². The number of halogens is 1. The molecular formula is C11H11FN2O2. The second-order valence-electron chi connectivity index (χ2n) is 3.98. The quantitative estimate of drug-likeness (QED) is 0.719. The van der Waals surface area contributed by atoms with Crippen molar-refractivity contribution in [3.05, 3.63) is 35.6 Å². The number of amides is 2. The summed E-state index contributed by atoms with van der Waals surface area (Å²) in [6, 6.07) is 5.99. The minimum atomic E-state index is -1.40. The Morgan fingerprint density at radius 2 is 1.81 bits per heavy atom. The van der Waals surface area contributed by atoms with Crippen LogP contribution in [-0.2, 0) is 9.59 Å². The third-order valence-corrected chi connectivity index (χ3v) is 3.12. The Bertz CT molecular complexity index is 459. The van der Waals surface area contributed by atoms with E-state index in [0.29, 0.717) is 5.56 Å². The summed E-state index contributed by atoms with van der Waals surface area (Å²) in [6.07, 6.45) is 0.193. The molecule has 0 aliphatic heterocycles. The number of hydrogen-bond acceptors (Lipinski definition) is 2. The van der Waals surface area contributed by atoms with Gasteiger partial charge in [-0.05, 0) is 18.1 Å². The lowest BCUT2D eigenvalue weighted by atomic mass is 9.97. The van der Waals surface area contributed by atoms with Crippen LogP contribution in [0.5, 0.6) is 0 Å². The number of primary amides is 2. The molecule has 0 radical (unpaired) electrons. The highest BCUT2D eigenvalue weighted by Gasteiger charge is 2.65. The lowest BCUT2D eigenvalue weighted by Crippen LogP contribution is -2.38. The first kappa shape index (κ1) is 10.6. The molecule has 0 heterocycles. The van der Waals surface area contributed by atoms with Crippen molar-refractivity contribution in [1.82, 2.24) is 0 Å². The van der Waals surface area contributed by atoms with Crippen molar-refractivity contribution in [2.24, 2.45) is 16.9 Å². The van der Waals surface area contributed by atoms with Gasteiger partial charge < -0.3 is 11.5 Å². The Morgan fingerprint density at radius 1 is 1.25 bits per heavy atom. The van der Waals surface area contributed by atoms with Gasteiger partial charge in [0.25, 0.3) is 0 Å². The molecule has 2 amide bonds. The molecule has 0 saturated heterocycles. The predicted molar refractivity (Wildman–Crippen MR) is 54.6 cm³/mol. The van der Waals surface area contributed by atoms with E-state index in [2.05, 4.69) is 0 Å². The molecule has 1 unspecified atom stereocenters. The molecule has 0 spiro atoms.